The van der Waals surface area contributed by atoms with Gasteiger partial charge in [0.15, 0.2) is 0 Å². The van der Waals surface area contributed by atoms with Crippen LogP contribution in [0.4, 0.5) is 19.0 Å². The van der Waals surface area contributed by atoms with Gasteiger partial charge in [-0.05, 0) is 37.8 Å². The van der Waals surface area contributed by atoms with Crippen molar-refractivity contribution in [2.75, 3.05) is 5.32 Å². The van der Waals surface area contributed by atoms with Gasteiger partial charge in [-0.25, -0.2) is 4.98 Å². The van der Waals surface area contributed by atoms with Crippen molar-refractivity contribution in [1.82, 2.24) is 4.98 Å². The van der Waals surface area contributed by atoms with Crippen molar-refractivity contribution >= 4 is 12.1 Å². The second kappa shape index (κ2) is 5.59. The van der Waals surface area contributed by atoms with Gasteiger partial charge in [0.25, 0.3) is 0 Å². The first-order chi connectivity index (χ1) is 8.99. The van der Waals surface area contributed by atoms with Crippen molar-refractivity contribution in [2.45, 2.75) is 37.9 Å². The molecule has 0 radical (unpaired) electrons. The SMILES string of the molecule is O=CC1CCC(Nc2ccc(C(F)(F)F)cn2)CC1. The summed E-state index contributed by atoms with van der Waals surface area (Å²) in [6, 6.07) is 2.54. The fourth-order valence-electron chi connectivity index (χ4n) is 2.26. The number of aromatic nitrogens is 1. The number of pyridine rings is 1. The van der Waals surface area contributed by atoms with Crippen molar-refractivity contribution in [1.29, 1.82) is 0 Å². The van der Waals surface area contributed by atoms with E-state index >= 15 is 0 Å². The summed E-state index contributed by atoms with van der Waals surface area (Å²) < 4.78 is 37.1. The van der Waals surface area contributed by atoms with Gasteiger partial charge in [-0.15, -0.1) is 0 Å². The Balaban J connectivity index is 1.92. The molecule has 1 saturated carbocycles. The molecule has 1 aromatic heterocycles. The van der Waals surface area contributed by atoms with Crippen molar-refractivity contribution in [3.8, 4) is 0 Å². The molecule has 1 fully saturated rings. The highest BCUT2D eigenvalue weighted by atomic mass is 19.4. The van der Waals surface area contributed by atoms with E-state index in [4.69, 9.17) is 0 Å². The van der Waals surface area contributed by atoms with Crippen LogP contribution in [-0.4, -0.2) is 17.3 Å². The van der Waals surface area contributed by atoms with E-state index in [0.29, 0.717) is 5.82 Å². The monoisotopic (exact) mass is 272 g/mol. The van der Waals surface area contributed by atoms with E-state index in [9.17, 15) is 18.0 Å². The molecule has 1 aliphatic rings. The van der Waals surface area contributed by atoms with Gasteiger partial charge in [0, 0.05) is 18.2 Å². The molecule has 0 spiro atoms. The number of nitrogens with zero attached hydrogens (tertiary/aromatic N) is 1. The topological polar surface area (TPSA) is 42.0 Å². The molecule has 104 valence electrons. The number of carbonyl (C=O) groups is 1. The third-order valence-electron chi connectivity index (χ3n) is 3.41. The average Bonchev–Trinajstić information content (AvgIpc) is 2.39. The van der Waals surface area contributed by atoms with Crippen molar-refractivity contribution < 1.29 is 18.0 Å². The molecule has 1 N–H and O–H groups in total. The van der Waals surface area contributed by atoms with E-state index in [1.807, 2.05) is 0 Å². The van der Waals surface area contributed by atoms with Crippen LogP contribution < -0.4 is 5.32 Å². The lowest BCUT2D eigenvalue weighted by atomic mass is 9.87. The number of nitrogens with one attached hydrogen (secondary N) is 1. The number of carbonyl (C=O) groups excluding carboxylic acids is 1. The standard InChI is InChI=1S/C13H15F3N2O/c14-13(15,16)10-3-6-12(17-7-10)18-11-4-1-9(8-19)2-5-11/h3,6-9,11H,1-2,4-5H2,(H,17,18). The molecule has 1 aromatic rings. The lowest BCUT2D eigenvalue weighted by molar-refractivity contribution is -0.137. The molecule has 0 aliphatic heterocycles. The second-order valence-corrected chi connectivity index (χ2v) is 4.82. The molecule has 0 atom stereocenters. The van der Waals surface area contributed by atoms with Gasteiger partial charge in [-0.3, -0.25) is 0 Å². The number of hydrogen-bond acceptors (Lipinski definition) is 3. The Morgan fingerprint density at radius 2 is 1.89 bits per heavy atom. The van der Waals surface area contributed by atoms with E-state index in [1.54, 1.807) is 0 Å². The number of alkyl halides is 3. The van der Waals surface area contributed by atoms with Crippen LogP contribution in [0.1, 0.15) is 31.2 Å². The summed E-state index contributed by atoms with van der Waals surface area (Å²) in [7, 11) is 0. The Kier molecular flexibility index (Phi) is 4.07. The maximum absolute atomic E-state index is 12.4. The zero-order valence-electron chi connectivity index (χ0n) is 10.3. The lowest BCUT2D eigenvalue weighted by Crippen LogP contribution is -2.27. The maximum atomic E-state index is 12.4. The average molecular weight is 272 g/mol. The Morgan fingerprint density at radius 3 is 2.37 bits per heavy atom. The van der Waals surface area contributed by atoms with E-state index in [-0.39, 0.29) is 12.0 Å². The highest BCUT2D eigenvalue weighted by molar-refractivity contribution is 5.53. The Morgan fingerprint density at radius 1 is 1.21 bits per heavy atom. The van der Waals surface area contributed by atoms with Crippen LogP contribution >= 0.6 is 0 Å². The first-order valence-corrected chi connectivity index (χ1v) is 6.24. The van der Waals surface area contributed by atoms with Gasteiger partial charge >= 0.3 is 6.18 Å². The van der Waals surface area contributed by atoms with Crippen LogP contribution in [0.3, 0.4) is 0 Å². The first kappa shape index (κ1) is 13.8. The van der Waals surface area contributed by atoms with Crippen LogP contribution in [-0.2, 0) is 11.0 Å². The fraction of sp³-hybridized carbons (Fsp3) is 0.538. The van der Waals surface area contributed by atoms with Crippen molar-refractivity contribution in [2.24, 2.45) is 5.92 Å². The summed E-state index contributed by atoms with van der Waals surface area (Å²) >= 11 is 0. The normalized spacial score (nSPS) is 23.9. The van der Waals surface area contributed by atoms with Gasteiger partial charge in [0.05, 0.1) is 5.56 Å². The summed E-state index contributed by atoms with van der Waals surface area (Å²) in [5.41, 5.74) is -0.747. The smallest absolute Gasteiger partial charge is 0.367 e. The van der Waals surface area contributed by atoms with Crippen LogP contribution in [0.5, 0.6) is 0 Å². The highest BCUT2D eigenvalue weighted by Crippen LogP contribution is 2.29. The highest BCUT2D eigenvalue weighted by Gasteiger charge is 2.30. The summed E-state index contributed by atoms with van der Waals surface area (Å²) in [5.74, 6) is 0.571. The maximum Gasteiger partial charge on any atom is 0.417 e. The predicted octanol–water partition coefficient (Wildman–Crippen LogP) is 3.27. The minimum absolute atomic E-state index is 0.124. The predicted molar refractivity (Wildman–Crippen MR) is 64.7 cm³/mol. The van der Waals surface area contributed by atoms with Gasteiger partial charge < -0.3 is 10.1 Å². The summed E-state index contributed by atoms with van der Waals surface area (Å²) in [6.07, 6.45) is 0.779. The zero-order chi connectivity index (χ0) is 13.9. The molecule has 1 aliphatic carbocycles. The molecular weight excluding hydrogens is 257 g/mol. The van der Waals surface area contributed by atoms with Crippen molar-refractivity contribution in [3.63, 3.8) is 0 Å². The molecule has 3 nitrogen and oxygen atoms in total. The van der Waals surface area contributed by atoms with Crippen LogP contribution in [0.2, 0.25) is 0 Å². The molecule has 6 heteroatoms. The lowest BCUT2D eigenvalue weighted by Gasteiger charge is -2.26. The van der Waals surface area contributed by atoms with Crippen LogP contribution in [0, 0.1) is 5.92 Å². The Labute approximate surface area is 109 Å². The largest absolute Gasteiger partial charge is 0.417 e. The molecular formula is C13H15F3N2O. The molecule has 0 aromatic carbocycles. The molecule has 19 heavy (non-hydrogen) atoms. The number of anilines is 1. The first-order valence-electron chi connectivity index (χ1n) is 6.24. The van der Waals surface area contributed by atoms with Gasteiger partial charge in [0.1, 0.15) is 12.1 Å². The minimum Gasteiger partial charge on any atom is -0.367 e. The van der Waals surface area contributed by atoms with E-state index < -0.39 is 11.7 Å². The van der Waals surface area contributed by atoms with Crippen LogP contribution in [0.15, 0.2) is 18.3 Å². The third-order valence-corrected chi connectivity index (χ3v) is 3.41. The number of rotatable bonds is 3. The number of halogens is 3. The fourth-order valence-corrected chi connectivity index (χ4v) is 2.26. The minimum atomic E-state index is -4.35. The molecule has 0 unspecified atom stereocenters. The third kappa shape index (κ3) is 3.68. The molecule has 0 saturated heterocycles. The van der Waals surface area contributed by atoms with Gasteiger partial charge in [0.2, 0.25) is 0 Å². The molecule has 0 amide bonds. The summed E-state index contributed by atoms with van der Waals surface area (Å²) in [4.78, 5) is 14.4. The number of hydrogen-bond donors (Lipinski definition) is 1. The second-order valence-electron chi connectivity index (χ2n) is 4.82. The molecule has 1 heterocycles. The molecule has 2 rings (SSSR count). The number of aldehydes is 1. The Bertz CT molecular complexity index is 423. The van der Waals surface area contributed by atoms with E-state index in [1.165, 1.54) is 6.07 Å². The van der Waals surface area contributed by atoms with Gasteiger partial charge in [-0.1, -0.05) is 0 Å². The quantitative estimate of drug-likeness (QED) is 0.859. The Hall–Kier alpha value is -1.59. The molecule has 0 bridgehead atoms. The summed E-state index contributed by atoms with van der Waals surface area (Å²) in [5, 5.41) is 3.11. The van der Waals surface area contributed by atoms with Gasteiger partial charge in [-0.2, -0.15) is 13.2 Å². The van der Waals surface area contributed by atoms with Crippen molar-refractivity contribution in [3.05, 3.63) is 23.9 Å². The zero-order valence-corrected chi connectivity index (χ0v) is 10.3. The summed E-state index contributed by atoms with van der Waals surface area (Å²) in [6.45, 7) is 0. The van der Waals surface area contributed by atoms with E-state index in [2.05, 4.69) is 10.3 Å². The van der Waals surface area contributed by atoms with E-state index in [0.717, 1.165) is 44.2 Å². The van der Waals surface area contributed by atoms with Crippen LogP contribution in [0.25, 0.3) is 0 Å².